The van der Waals surface area contributed by atoms with Crippen LogP contribution < -0.4 is 14.2 Å². The van der Waals surface area contributed by atoms with E-state index in [2.05, 4.69) is 18.2 Å². The summed E-state index contributed by atoms with van der Waals surface area (Å²) in [7, 11) is 4.90. The van der Waals surface area contributed by atoms with Gasteiger partial charge in [-0.15, -0.1) is 0 Å². The van der Waals surface area contributed by atoms with Crippen LogP contribution in [-0.4, -0.2) is 31.0 Å². The molecule has 146 valence electrons. The van der Waals surface area contributed by atoms with Gasteiger partial charge in [-0.1, -0.05) is 11.6 Å². The minimum atomic E-state index is -0.0241. The molecule has 0 unspecified atom stereocenters. The normalized spacial score (nSPS) is 13.4. The Morgan fingerprint density at radius 3 is 2.18 bits per heavy atom. The second kappa shape index (κ2) is 7.60. The Morgan fingerprint density at radius 1 is 0.929 bits per heavy atom. The number of hydrogen-bond donors (Lipinski definition) is 1. The van der Waals surface area contributed by atoms with Crippen molar-refractivity contribution in [2.24, 2.45) is 0 Å². The van der Waals surface area contributed by atoms with Gasteiger partial charge in [0.25, 0.3) is 0 Å². The van der Waals surface area contributed by atoms with Crippen LogP contribution in [0.2, 0.25) is 0 Å². The van der Waals surface area contributed by atoms with Crippen molar-refractivity contribution in [1.29, 1.82) is 0 Å². The van der Waals surface area contributed by atoms with Gasteiger partial charge in [0, 0.05) is 17.1 Å². The molecule has 1 aliphatic rings. The van der Waals surface area contributed by atoms with Crippen LogP contribution in [0.3, 0.4) is 0 Å². The van der Waals surface area contributed by atoms with Gasteiger partial charge in [-0.25, -0.2) is 0 Å². The molecule has 1 saturated carbocycles. The summed E-state index contributed by atoms with van der Waals surface area (Å²) >= 11 is 0. The molecular weight excluding hydrogens is 354 g/mol. The monoisotopic (exact) mass is 379 g/mol. The number of allylic oxidation sites excluding steroid dienone is 1. The highest BCUT2D eigenvalue weighted by atomic mass is 16.5. The fourth-order valence-electron chi connectivity index (χ4n) is 3.88. The number of methoxy groups -OCH3 is 3. The fraction of sp³-hybridized carbons (Fsp3) is 0.304. The van der Waals surface area contributed by atoms with Crippen molar-refractivity contribution in [2.75, 3.05) is 21.3 Å². The van der Waals surface area contributed by atoms with Crippen molar-refractivity contribution < 1.29 is 19.3 Å². The Hall–Kier alpha value is -2.92. The average molecular weight is 379 g/mol. The Kier molecular flexibility index (Phi) is 5.01. The van der Waals surface area contributed by atoms with Crippen molar-refractivity contribution in [1.82, 2.24) is 4.57 Å². The van der Waals surface area contributed by atoms with Crippen molar-refractivity contribution >= 4 is 16.5 Å². The third kappa shape index (κ3) is 3.02. The molecule has 2 aromatic carbocycles. The molecule has 1 aliphatic carbocycles. The van der Waals surface area contributed by atoms with E-state index in [-0.39, 0.29) is 6.73 Å². The second-order valence-corrected chi connectivity index (χ2v) is 6.95. The van der Waals surface area contributed by atoms with E-state index < -0.39 is 0 Å². The van der Waals surface area contributed by atoms with Gasteiger partial charge in [0.2, 0.25) is 5.75 Å². The molecule has 0 radical (unpaired) electrons. The maximum Gasteiger partial charge on any atom is 0.203 e. The number of benzene rings is 2. The molecule has 0 spiro atoms. The molecule has 0 aliphatic heterocycles. The Labute approximate surface area is 164 Å². The van der Waals surface area contributed by atoms with Gasteiger partial charge >= 0.3 is 0 Å². The van der Waals surface area contributed by atoms with E-state index >= 15 is 0 Å². The van der Waals surface area contributed by atoms with Crippen LogP contribution in [0.5, 0.6) is 17.2 Å². The summed E-state index contributed by atoms with van der Waals surface area (Å²) in [5.41, 5.74) is 5.91. The van der Waals surface area contributed by atoms with E-state index in [1.807, 2.05) is 29.0 Å². The van der Waals surface area contributed by atoms with Gasteiger partial charge in [0.05, 0.1) is 21.3 Å². The fourth-order valence-corrected chi connectivity index (χ4v) is 3.88. The average Bonchev–Trinajstić information content (AvgIpc) is 3.11. The largest absolute Gasteiger partial charge is 0.493 e. The summed E-state index contributed by atoms with van der Waals surface area (Å²) in [4.78, 5) is 0. The summed E-state index contributed by atoms with van der Waals surface area (Å²) < 4.78 is 18.4. The van der Waals surface area contributed by atoms with Gasteiger partial charge in [0.1, 0.15) is 6.73 Å². The quantitative estimate of drug-likeness (QED) is 0.680. The maximum atomic E-state index is 9.50. The first-order chi connectivity index (χ1) is 13.7. The minimum Gasteiger partial charge on any atom is -0.493 e. The van der Waals surface area contributed by atoms with E-state index in [0.717, 1.165) is 34.9 Å². The highest BCUT2D eigenvalue weighted by Crippen LogP contribution is 2.44. The smallest absolute Gasteiger partial charge is 0.203 e. The molecule has 1 heterocycles. The molecule has 4 rings (SSSR count). The van der Waals surface area contributed by atoms with E-state index in [1.54, 1.807) is 21.3 Å². The number of fused-ring (bicyclic) bond motifs is 1. The zero-order chi connectivity index (χ0) is 19.7. The Bertz CT molecular complexity index is 1020. The Morgan fingerprint density at radius 2 is 1.64 bits per heavy atom. The first-order valence-corrected chi connectivity index (χ1v) is 9.42. The number of aliphatic hydroxyl groups is 1. The van der Waals surface area contributed by atoms with Gasteiger partial charge in [-0.3, -0.25) is 0 Å². The van der Waals surface area contributed by atoms with Gasteiger partial charge < -0.3 is 23.9 Å². The molecule has 5 nitrogen and oxygen atoms in total. The molecule has 5 heteroatoms. The second-order valence-electron chi connectivity index (χ2n) is 6.95. The summed E-state index contributed by atoms with van der Waals surface area (Å²) in [5.74, 6) is 1.91. The number of ether oxygens (including phenoxy) is 3. The van der Waals surface area contributed by atoms with Gasteiger partial charge in [-0.05, 0) is 66.3 Å². The number of aromatic nitrogens is 1. The predicted molar refractivity (Wildman–Crippen MR) is 110 cm³/mol. The molecular formula is C23H25NO4. The van der Waals surface area contributed by atoms with Crippen molar-refractivity contribution in [3.8, 4) is 17.2 Å². The zero-order valence-electron chi connectivity index (χ0n) is 16.5. The molecule has 0 bridgehead atoms. The predicted octanol–water partition coefficient (Wildman–Crippen LogP) is 4.60. The zero-order valence-corrected chi connectivity index (χ0v) is 16.5. The topological polar surface area (TPSA) is 52.9 Å². The standard InChI is InChI=1S/C23H25NO4/c1-26-20-12-18(13-21(27-2)23(20)28-3)22(15-5-4-6-15)17-7-8-19-16(11-17)9-10-24(19)14-25/h7-13,25H,4-6,14H2,1-3H3. The van der Waals surface area contributed by atoms with Crippen LogP contribution in [-0.2, 0) is 6.73 Å². The molecule has 28 heavy (non-hydrogen) atoms. The van der Waals surface area contributed by atoms with Crippen LogP contribution in [0.1, 0.15) is 30.4 Å². The lowest BCUT2D eigenvalue weighted by Crippen LogP contribution is -2.04. The Balaban J connectivity index is 1.89. The first-order valence-electron chi connectivity index (χ1n) is 9.42. The summed E-state index contributed by atoms with van der Waals surface area (Å²) in [5, 5.41) is 10.6. The number of nitrogens with zero attached hydrogens (tertiary/aromatic N) is 1. The van der Waals surface area contributed by atoms with Crippen molar-refractivity contribution in [2.45, 2.75) is 26.0 Å². The lowest BCUT2D eigenvalue weighted by atomic mass is 9.82. The van der Waals surface area contributed by atoms with Crippen molar-refractivity contribution in [3.63, 3.8) is 0 Å². The lowest BCUT2D eigenvalue weighted by molar-refractivity contribution is 0.215. The number of hydrogen-bond acceptors (Lipinski definition) is 4. The molecule has 3 aromatic rings. The summed E-state index contributed by atoms with van der Waals surface area (Å²) in [6.45, 7) is -0.0241. The SMILES string of the molecule is COc1cc(C(=C2CCC2)c2ccc3c(ccn3CO)c2)cc(OC)c1OC. The van der Waals surface area contributed by atoms with Gasteiger partial charge in [0.15, 0.2) is 11.5 Å². The summed E-state index contributed by atoms with van der Waals surface area (Å²) in [6.07, 6.45) is 5.32. The molecule has 1 aromatic heterocycles. The van der Waals surface area contributed by atoms with Crippen molar-refractivity contribution in [3.05, 3.63) is 59.3 Å². The van der Waals surface area contributed by atoms with E-state index in [0.29, 0.717) is 17.2 Å². The molecule has 1 fully saturated rings. The number of aliphatic hydroxyl groups excluding tert-OH is 1. The maximum absolute atomic E-state index is 9.50. The van der Waals surface area contributed by atoms with Crippen LogP contribution >= 0.6 is 0 Å². The highest BCUT2D eigenvalue weighted by molar-refractivity contribution is 5.90. The minimum absolute atomic E-state index is 0.0241. The van der Waals surface area contributed by atoms with Crippen LogP contribution in [0.15, 0.2) is 48.2 Å². The van der Waals surface area contributed by atoms with E-state index in [9.17, 15) is 5.11 Å². The third-order valence-corrected chi connectivity index (χ3v) is 5.48. The molecule has 0 saturated heterocycles. The molecule has 0 atom stereocenters. The molecule has 0 amide bonds. The molecule has 1 N–H and O–H groups in total. The highest BCUT2D eigenvalue weighted by Gasteiger charge is 2.22. The number of rotatable bonds is 6. The first kappa shape index (κ1) is 18.4. The van der Waals surface area contributed by atoms with Crippen LogP contribution in [0.4, 0.5) is 0 Å². The van der Waals surface area contributed by atoms with Crippen LogP contribution in [0, 0.1) is 0 Å². The van der Waals surface area contributed by atoms with E-state index in [4.69, 9.17) is 14.2 Å². The van der Waals surface area contributed by atoms with Crippen LogP contribution in [0.25, 0.3) is 16.5 Å². The van der Waals surface area contributed by atoms with E-state index in [1.165, 1.54) is 17.6 Å². The van der Waals surface area contributed by atoms with Gasteiger partial charge in [-0.2, -0.15) is 0 Å². The summed E-state index contributed by atoms with van der Waals surface area (Å²) in [6, 6.07) is 12.4. The third-order valence-electron chi connectivity index (χ3n) is 5.48. The lowest BCUT2D eigenvalue weighted by Gasteiger charge is -2.24.